The summed E-state index contributed by atoms with van der Waals surface area (Å²) in [7, 11) is 5.05. The van der Waals surface area contributed by atoms with Crippen molar-refractivity contribution in [2.45, 2.75) is 23.7 Å². The topological polar surface area (TPSA) is 45.6 Å². The minimum atomic E-state index is -4.52. The number of likely N-dealkylation sites (N-methyl/N-ethyl adjacent to an activating group) is 2. The Labute approximate surface area is 222 Å². The molecule has 5 rings (SSSR count). The molecular formula is C29H26F3N3O2S. The van der Waals surface area contributed by atoms with Gasteiger partial charge in [-0.15, -0.1) is 0 Å². The Bertz CT molecular complexity index is 1590. The molecule has 196 valence electrons. The van der Waals surface area contributed by atoms with Crippen LogP contribution < -0.4 is 5.56 Å². The number of alkyl halides is 3. The highest BCUT2D eigenvalue weighted by Gasteiger charge is 2.35. The molecule has 0 fully saturated rings. The van der Waals surface area contributed by atoms with Gasteiger partial charge in [0.25, 0.3) is 5.56 Å². The van der Waals surface area contributed by atoms with Crippen molar-refractivity contribution in [1.82, 2.24) is 13.8 Å². The van der Waals surface area contributed by atoms with Crippen LogP contribution in [0, 0.1) is 0 Å². The monoisotopic (exact) mass is 537 g/mol. The third kappa shape index (κ3) is 4.83. The molecule has 3 aromatic carbocycles. The minimum Gasteiger partial charge on any atom is -0.347 e. The maximum absolute atomic E-state index is 13.7. The first-order valence-corrected chi connectivity index (χ1v) is 12.8. The van der Waals surface area contributed by atoms with E-state index in [1.54, 1.807) is 20.2 Å². The van der Waals surface area contributed by atoms with Crippen LogP contribution in [0.5, 0.6) is 0 Å². The molecule has 5 nitrogen and oxygen atoms in total. The van der Waals surface area contributed by atoms with E-state index in [0.717, 1.165) is 28.5 Å². The highest BCUT2D eigenvalue weighted by Crippen LogP contribution is 2.42. The number of hydrogen-bond acceptors (Lipinski definition) is 4. The zero-order valence-electron chi connectivity index (χ0n) is 21.1. The molecule has 1 aliphatic rings. The van der Waals surface area contributed by atoms with Gasteiger partial charge in [-0.1, -0.05) is 54.6 Å². The van der Waals surface area contributed by atoms with Crippen molar-refractivity contribution in [3.8, 4) is 11.1 Å². The Hall–Kier alpha value is -3.56. The van der Waals surface area contributed by atoms with Crippen molar-refractivity contribution in [3.05, 3.63) is 99.8 Å². The quantitative estimate of drug-likeness (QED) is 0.306. The third-order valence-electron chi connectivity index (χ3n) is 6.74. The van der Waals surface area contributed by atoms with E-state index in [1.165, 1.54) is 33.5 Å². The standard InChI is InChI=1S/C29H26F3N3O2S/c1-33(2)27(37)24-17-34(3)38-28-26(20-11-7-12-22(15-20)29(30,31)32)21(16-25(36)35(24)28)14-19-10-6-9-18-8-4-5-13-23(18)19/h4-13,15-16,24H,14,17H2,1-3H3. The number of hydrogen-bond donors (Lipinski definition) is 0. The predicted molar refractivity (Wildman–Crippen MR) is 144 cm³/mol. The molecule has 0 saturated heterocycles. The van der Waals surface area contributed by atoms with Gasteiger partial charge in [0.05, 0.1) is 5.56 Å². The molecule has 4 aromatic rings. The third-order valence-corrected chi connectivity index (χ3v) is 7.77. The maximum atomic E-state index is 13.7. The summed E-state index contributed by atoms with van der Waals surface area (Å²) in [6.45, 7) is 0.291. The van der Waals surface area contributed by atoms with Gasteiger partial charge in [0.15, 0.2) is 0 Å². The van der Waals surface area contributed by atoms with Crippen molar-refractivity contribution < 1.29 is 18.0 Å². The van der Waals surface area contributed by atoms with Gasteiger partial charge in [-0.2, -0.15) is 13.2 Å². The lowest BCUT2D eigenvalue weighted by Gasteiger charge is -2.35. The van der Waals surface area contributed by atoms with Gasteiger partial charge in [0.1, 0.15) is 11.1 Å². The van der Waals surface area contributed by atoms with Crippen molar-refractivity contribution in [2.75, 3.05) is 27.7 Å². The summed E-state index contributed by atoms with van der Waals surface area (Å²) in [5.41, 5.74) is 1.30. The highest BCUT2D eigenvalue weighted by atomic mass is 32.2. The molecule has 1 unspecified atom stereocenters. The molecule has 1 atom stereocenters. The van der Waals surface area contributed by atoms with Gasteiger partial charge in [-0.3, -0.25) is 14.2 Å². The van der Waals surface area contributed by atoms with E-state index in [9.17, 15) is 22.8 Å². The van der Waals surface area contributed by atoms with Gasteiger partial charge in [-0.25, -0.2) is 4.31 Å². The molecule has 1 aromatic heterocycles. The normalized spacial score (nSPS) is 15.9. The van der Waals surface area contributed by atoms with Crippen molar-refractivity contribution in [2.24, 2.45) is 0 Å². The average Bonchev–Trinajstić information content (AvgIpc) is 2.87. The summed E-state index contributed by atoms with van der Waals surface area (Å²) in [6.07, 6.45) is -4.18. The van der Waals surface area contributed by atoms with Crippen LogP contribution in [0.3, 0.4) is 0 Å². The second-order valence-corrected chi connectivity index (χ2v) is 10.8. The van der Waals surface area contributed by atoms with Crippen LogP contribution in [0.4, 0.5) is 13.2 Å². The Kier molecular flexibility index (Phi) is 6.83. The van der Waals surface area contributed by atoms with Crippen LogP contribution >= 0.6 is 11.9 Å². The Morgan fingerprint density at radius 3 is 2.45 bits per heavy atom. The van der Waals surface area contributed by atoms with E-state index in [0.29, 0.717) is 34.7 Å². The fraction of sp³-hybridized carbons (Fsp3) is 0.241. The summed E-state index contributed by atoms with van der Waals surface area (Å²) in [6, 6.07) is 19.6. The number of aromatic nitrogens is 1. The summed E-state index contributed by atoms with van der Waals surface area (Å²) < 4.78 is 44.4. The zero-order valence-corrected chi connectivity index (χ0v) is 21.9. The van der Waals surface area contributed by atoms with Crippen LogP contribution in [-0.2, 0) is 17.4 Å². The molecule has 0 radical (unpaired) electrons. The molecule has 1 amide bonds. The number of carbonyl (C=O) groups is 1. The van der Waals surface area contributed by atoms with Crippen LogP contribution in [0.2, 0.25) is 0 Å². The van der Waals surface area contributed by atoms with Crippen molar-refractivity contribution in [1.29, 1.82) is 0 Å². The molecule has 0 N–H and O–H groups in total. The lowest BCUT2D eigenvalue weighted by molar-refractivity contribution is -0.137. The van der Waals surface area contributed by atoms with Gasteiger partial charge < -0.3 is 4.90 Å². The van der Waals surface area contributed by atoms with Gasteiger partial charge in [-0.05, 0) is 65.0 Å². The van der Waals surface area contributed by atoms with Crippen molar-refractivity contribution in [3.63, 3.8) is 0 Å². The van der Waals surface area contributed by atoms with Crippen molar-refractivity contribution >= 4 is 28.6 Å². The number of rotatable bonds is 4. The number of amides is 1. The first-order chi connectivity index (χ1) is 18.0. The van der Waals surface area contributed by atoms with E-state index < -0.39 is 17.8 Å². The largest absolute Gasteiger partial charge is 0.416 e. The molecule has 0 aliphatic carbocycles. The fourth-order valence-corrected chi connectivity index (χ4v) is 6.14. The summed E-state index contributed by atoms with van der Waals surface area (Å²) >= 11 is 1.27. The van der Waals surface area contributed by atoms with Crippen LogP contribution in [-0.4, -0.2) is 47.4 Å². The maximum Gasteiger partial charge on any atom is 0.416 e. The van der Waals surface area contributed by atoms with Gasteiger partial charge >= 0.3 is 6.18 Å². The molecule has 1 aliphatic heterocycles. The molecule has 0 saturated carbocycles. The first-order valence-electron chi connectivity index (χ1n) is 12.1. The molecule has 9 heteroatoms. The molecule has 0 bridgehead atoms. The summed E-state index contributed by atoms with van der Waals surface area (Å²) in [4.78, 5) is 28.1. The first kappa shape index (κ1) is 26.1. The van der Waals surface area contributed by atoms with E-state index in [-0.39, 0.29) is 11.5 Å². The minimum absolute atomic E-state index is 0.253. The second kappa shape index (κ2) is 9.96. The molecule has 2 heterocycles. The van der Waals surface area contributed by atoms with Crippen LogP contribution in [0.25, 0.3) is 21.9 Å². The Morgan fingerprint density at radius 1 is 1.00 bits per heavy atom. The number of nitrogens with zero attached hydrogens (tertiary/aromatic N) is 3. The van der Waals surface area contributed by atoms with E-state index in [2.05, 4.69) is 0 Å². The zero-order chi connectivity index (χ0) is 27.2. The second-order valence-electron chi connectivity index (χ2n) is 9.60. The molecule has 38 heavy (non-hydrogen) atoms. The lowest BCUT2D eigenvalue weighted by Crippen LogP contribution is -2.44. The SMILES string of the molecule is CN1CC(C(=O)N(C)C)n2c(c(-c3cccc(C(F)(F)F)c3)c(Cc3cccc4ccccc34)cc2=O)S1. The Balaban J connectivity index is 1.79. The van der Waals surface area contributed by atoms with Gasteiger partial charge in [0, 0.05) is 32.3 Å². The summed E-state index contributed by atoms with van der Waals surface area (Å²) in [5.74, 6) is -0.253. The molecular weight excluding hydrogens is 511 g/mol. The predicted octanol–water partition coefficient (Wildman–Crippen LogP) is 5.86. The number of benzene rings is 3. The fourth-order valence-electron chi connectivity index (χ4n) is 4.98. The van der Waals surface area contributed by atoms with Gasteiger partial charge in [0.2, 0.25) is 5.91 Å². The Morgan fingerprint density at radius 2 is 1.71 bits per heavy atom. The number of fused-ring (bicyclic) bond motifs is 2. The summed E-state index contributed by atoms with van der Waals surface area (Å²) in [5, 5.41) is 2.50. The van der Waals surface area contributed by atoms with E-state index >= 15 is 0 Å². The molecule has 0 spiro atoms. The lowest BCUT2D eigenvalue weighted by atomic mass is 9.93. The van der Waals surface area contributed by atoms with E-state index in [1.807, 2.05) is 53.8 Å². The van der Waals surface area contributed by atoms with E-state index in [4.69, 9.17) is 0 Å². The number of pyridine rings is 1. The number of halogens is 3. The average molecular weight is 538 g/mol. The smallest absolute Gasteiger partial charge is 0.347 e. The number of carbonyl (C=O) groups excluding carboxylic acids is 1. The highest BCUT2D eigenvalue weighted by molar-refractivity contribution is 7.97. The van der Waals surface area contributed by atoms with Crippen LogP contribution in [0.1, 0.15) is 22.7 Å². The van der Waals surface area contributed by atoms with Crippen LogP contribution in [0.15, 0.2) is 82.6 Å².